The highest BCUT2D eigenvalue weighted by atomic mass is 79.9. The van der Waals surface area contributed by atoms with E-state index in [2.05, 4.69) is 20.8 Å². The van der Waals surface area contributed by atoms with E-state index in [0.717, 1.165) is 10.0 Å². The van der Waals surface area contributed by atoms with Crippen LogP contribution in [0.5, 0.6) is 0 Å². The van der Waals surface area contributed by atoms with Gasteiger partial charge < -0.3 is 5.73 Å². The lowest BCUT2D eigenvalue weighted by Crippen LogP contribution is -2.38. The number of benzene rings is 1. The highest BCUT2D eigenvalue weighted by Crippen LogP contribution is 2.34. The number of alkyl halides is 3. The molecule has 1 aromatic carbocycles. The smallest absolute Gasteiger partial charge is 0.391 e. The summed E-state index contributed by atoms with van der Waals surface area (Å²) in [5.74, 6) is -1.14. The number of hydrogen-bond acceptors (Lipinski definition) is 2. The van der Waals surface area contributed by atoms with E-state index in [9.17, 15) is 13.2 Å². The molecule has 0 radical (unpaired) electrons. The van der Waals surface area contributed by atoms with Crippen molar-refractivity contribution < 1.29 is 13.2 Å². The minimum Gasteiger partial charge on any atom is -0.398 e. The van der Waals surface area contributed by atoms with Gasteiger partial charge in [-0.2, -0.15) is 13.2 Å². The number of likely N-dealkylation sites (tertiary alicyclic amines) is 1. The fraction of sp³-hybridized carbons (Fsp3) is 0.538. The topological polar surface area (TPSA) is 29.3 Å². The van der Waals surface area contributed by atoms with Crippen LogP contribution in [0.4, 0.5) is 18.9 Å². The molecule has 0 bridgehead atoms. The van der Waals surface area contributed by atoms with E-state index in [1.807, 2.05) is 18.2 Å². The Morgan fingerprint density at radius 3 is 2.42 bits per heavy atom. The second-order valence-electron chi connectivity index (χ2n) is 4.95. The molecule has 1 aliphatic heterocycles. The highest BCUT2D eigenvalue weighted by Gasteiger charge is 2.40. The van der Waals surface area contributed by atoms with Crippen LogP contribution in [0.25, 0.3) is 0 Å². The van der Waals surface area contributed by atoms with Gasteiger partial charge in [0.2, 0.25) is 0 Å². The number of anilines is 1. The molecule has 2 rings (SSSR count). The zero-order chi connectivity index (χ0) is 14.0. The molecule has 0 spiro atoms. The summed E-state index contributed by atoms with van der Waals surface area (Å²) in [5.41, 5.74) is 7.43. The van der Waals surface area contributed by atoms with Crippen LogP contribution in [0.15, 0.2) is 22.7 Å². The third-order valence-electron chi connectivity index (χ3n) is 3.52. The largest absolute Gasteiger partial charge is 0.398 e. The lowest BCUT2D eigenvalue weighted by atomic mass is 9.96. The number of rotatable bonds is 2. The van der Waals surface area contributed by atoms with E-state index >= 15 is 0 Å². The van der Waals surface area contributed by atoms with Gasteiger partial charge in [0.25, 0.3) is 0 Å². The van der Waals surface area contributed by atoms with Crippen LogP contribution in [0.3, 0.4) is 0 Å². The zero-order valence-corrected chi connectivity index (χ0v) is 12.0. The minimum atomic E-state index is -4.05. The maximum atomic E-state index is 12.6. The summed E-state index contributed by atoms with van der Waals surface area (Å²) in [4.78, 5) is 2.06. The lowest BCUT2D eigenvalue weighted by Gasteiger charge is -2.32. The molecule has 1 heterocycles. The summed E-state index contributed by atoms with van der Waals surface area (Å²) in [7, 11) is 0. The molecule has 6 heteroatoms. The molecule has 106 valence electrons. The summed E-state index contributed by atoms with van der Waals surface area (Å²) in [6.07, 6.45) is -3.66. The van der Waals surface area contributed by atoms with Crippen LogP contribution < -0.4 is 5.73 Å². The van der Waals surface area contributed by atoms with Gasteiger partial charge >= 0.3 is 6.18 Å². The van der Waals surface area contributed by atoms with Crippen molar-refractivity contribution in [2.24, 2.45) is 5.92 Å². The molecule has 1 fully saturated rings. The first-order valence-corrected chi connectivity index (χ1v) is 6.98. The van der Waals surface area contributed by atoms with E-state index in [4.69, 9.17) is 5.73 Å². The molecule has 1 aliphatic rings. The SMILES string of the molecule is Nc1ccc(CN2CCC(C(F)(F)F)CC2)cc1Br. The number of nitrogens with two attached hydrogens (primary N) is 1. The molecular weight excluding hydrogens is 321 g/mol. The van der Waals surface area contributed by atoms with Gasteiger partial charge in [0, 0.05) is 16.7 Å². The molecule has 2 nitrogen and oxygen atoms in total. The molecule has 0 aliphatic carbocycles. The Balaban J connectivity index is 1.90. The van der Waals surface area contributed by atoms with Gasteiger partial charge in [0.05, 0.1) is 5.92 Å². The summed E-state index contributed by atoms with van der Waals surface area (Å²) in [6.45, 7) is 1.65. The molecule has 19 heavy (non-hydrogen) atoms. The fourth-order valence-corrected chi connectivity index (χ4v) is 2.77. The molecule has 0 amide bonds. The average Bonchev–Trinajstić information content (AvgIpc) is 2.33. The van der Waals surface area contributed by atoms with Gasteiger partial charge in [-0.05, 0) is 59.6 Å². The number of nitrogen functional groups attached to an aromatic ring is 1. The van der Waals surface area contributed by atoms with Gasteiger partial charge in [-0.3, -0.25) is 4.90 Å². The van der Waals surface area contributed by atoms with Crippen molar-refractivity contribution in [1.29, 1.82) is 0 Å². The number of nitrogens with zero attached hydrogens (tertiary/aromatic N) is 1. The second kappa shape index (κ2) is 5.71. The molecular formula is C13H16BrF3N2. The predicted molar refractivity (Wildman–Crippen MR) is 72.6 cm³/mol. The van der Waals surface area contributed by atoms with Crippen molar-refractivity contribution in [1.82, 2.24) is 4.90 Å². The van der Waals surface area contributed by atoms with Gasteiger partial charge in [0.1, 0.15) is 0 Å². The van der Waals surface area contributed by atoms with Crippen molar-refractivity contribution in [2.45, 2.75) is 25.6 Å². The lowest BCUT2D eigenvalue weighted by molar-refractivity contribution is -0.185. The molecule has 2 N–H and O–H groups in total. The van der Waals surface area contributed by atoms with Crippen LogP contribution >= 0.6 is 15.9 Å². The van der Waals surface area contributed by atoms with E-state index < -0.39 is 12.1 Å². The molecule has 1 saturated heterocycles. The van der Waals surface area contributed by atoms with Crippen molar-refractivity contribution in [3.8, 4) is 0 Å². The highest BCUT2D eigenvalue weighted by molar-refractivity contribution is 9.10. The molecule has 0 aromatic heterocycles. The van der Waals surface area contributed by atoms with Crippen LogP contribution in [0.2, 0.25) is 0 Å². The number of hydrogen-bond donors (Lipinski definition) is 1. The monoisotopic (exact) mass is 336 g/mol. The summed E-state index contributed by atoms with van der Waals surface area (Å²) in [6, 6.07) is 5.64. The van der Waals surface area contributed by atoms with Crippen LogP contribution in [-0.4, -0.2) is 24.2 Å². The summed E-state index contributed by atoms with van der Waals surface area (Å²) in [5, 5.41) is 0. The fourth-order valence-electron chi connectivity index (χ4n) is 2.35. The third kappa shape index (κ3) is 3.86. The van der Waals surface area contributed by atoms with Crippen LogP contribution in [0.1, 0.15) is 18.4 Å². The Kier molecular flexibility index (Phi) is 4.40. The summed E-state index contributed by atoms with van der Waals surface area (Å²) >= 11 is 3.35. The van der Waals surface area contributed by atoms with E-state index in [0.29, 0.717) is 25.3 Å². The standard InChI is InChI=1S/C13H16BrF3N2/c14-11-7-9(1-2-12(11)18)8-19-5-3-10(4-6-19)13(15,16)17/h1-2,7,10H,3-6,8,18H2. The minimum absolute atomic E-state index is 0.194. The maximum absolute atomic E-state index is 12.6. The van der Waals surface area contributed by atoms with Crippen LogP contribution in [-0.2, 0) is 6.54 Å². The van der Waals surface area contributed by atoms with Crippen molar-refractivity contribution >= 4 is 21.6 Å². The average molecular weight is 337 g/mol. The van der Waals surface area contributed by atoms with Gasteiger partial charge in [-0.25, -0.2) is 0 Å². The number of piperidine rings is 1. The quantitative estimate of drug-likeness (QED) is 0.832. The Morgan fingerprint density at radius 1 is 1.26 bits per heavy atom. The molecule has 1 aromatic rings. The molecule has 0 atom stereocenters. The zero-order valence-electron chi connectivity index (χ0n) is 10.4. The van der Waals surface area contributed by atoms with Crippen molar-refractivity contribution in [3.05, 3.63) is 28.2 Å². The normalized spacial score (nSPS) is 18.7. The number of halogens is 4. The first-order valence-electron chi connectivity index (χ1n) is 6.19. The Hall–Kier alpha value is -0.750. The van der Waals surface area contributed by atoms with E-state index in [-0.39, 0.29) is 12.8 Å². The van der Waals surface area contributed by atoms with Crippen molar-refractivity contribution in [2.75, 3.05) is 18.8 Å². The Labute approximate surface area is 118 Å². The van der Waals surface area contributed by atoms with E-state index in [1.54, 1.807) is 0 Å². The Morgan fingerprint density at radius 2 is 1.89 bits per heavy atom. The second-order valence-corrected chi connectivity index (χ2v) is 5.80. The molecule has 0 unspecified atom stereocenters. The van der Waals surface area contributed by atoms with Gasteiger partial charge in [0.15, 0.2) is 0 Å². The predicted octanol–water partition coefficient (Wildman–Crippen LogP) is 3.81. The van der Waals surface area contributed by atoms with Crippen LogP contribution in [0, 0.1) is 5.92 Å². The van der Waals surface area contributed by atoms with E-state index in [1.165, 1.54) is 0 Å². The van der Waals surface area contributed by atoms with Gasteiger partial charge in [-0.1, -0.05) is 6.07 Å². The summed E-state index contributed by atoms with van der Waals surface area (Å²) < 4.78 is 38.5. The maximum Gasteiger partial charge on any atom is 0.391 e. The van der Waals surface area contributed by atoms with Gasteiger partial charge in [-0.15, -0.1) is 0 Å². The third-order valence-corrected chi connectivity index (χ3v) is 4.21. The molecule has 0 saturated carbocycles. The first-order chi connectivity index (χ1) is 8.86. The first kappa shape index (κ1) is 14.7. The Bertz CT molecular complexity index is 440. The van der Waals surface area contributed by atoms with Crippen molar-refractivity contribution in [3.63, 3.8) is 0 Å².